The van der Waals surface area contributed by atoms with Gasteiger partial charge in [0.25, 0.3) is 5.56 Å². The van der Waals surface area contributed by atoms with Gasteiger partial charge >= 0.3 is 0 Å². The maximum Gasteiger partial charge on any atom is 0.266 e. The second-order valence-electron chi connectivity index (χ2n) is 2.66. The van der Waals surface area contributed by atoms with Crippen LogP contribution in [0, 0.1) is 0 Å². The van der Waals surface area contributed by atoms with Crippen molar-refractivity contribution in [1.29, 1.82) is 0 Å². The van der Waals surface area contributed by atoms with Crippen LogP contribution in [0.15, 0.2) is 29.5 Å². The number of nitrogens with zero attached hydrogens (tertiary/aromatic N) is 3. The molecular weight excluding hydrogens is 168 g/mol. The minimum atomic E-state index is -0.0827. The normalized spacial score (nSPS) is 10.2. The molecule has 0 bridgehead atoms. The van der Waals surface area contributed by atoms with E-state index in [1.54, 1.807) is 25.6 Å². The van der Waals surface area contributed by atoms with E-state index in [-0.39, 0.29) is 5.56 Å². The lowest BCUT2D eigenvalue weighted by molar-refractivity contribution is 0.741. The quantitative estimate of drug-likeness (QED) is 0.673. The predicted octanol–water partition coefficient (Wildman–Crippen LogP) is 0.170. The van der Waals surface area contributed by atoms with E-state index in [1.807, 2.05) is 0 Å². The van der Waals surface area contributed by atoms with Gasteiger partial charge in [0, 0.05) is 25.5 Å². The average Bonchev–Trinajstić information content (AvgIpc) is 2.49. The van der Waals surface area contributed by atoms with Gasteiger partial charge in [-0.15, -0.1) is 0 Å². The van der Waals surface area contributed by atoms with Crippen LogP contribution in [0.25, 0.3) is 11.4 Å². The molecular formula is C8H8N4O. The van der Waals surface area contributed by atoms with Crippen LogP contribution in [-0.2, 0) is 7.05 Å². The number of hydrogen-bond donors (Lipinski definition) is 1. The Morgan fingerprint density at radius 2 is 2.31 bits per heavy atom. The van der Waals surface area contributed by atoms with Crippen molar-refractivity contribution in [3.8, 4) is 11.4 Å². The summed E-state index contributed by atoms with van der Waals surface area (Å²) in [5.41, 5.74) is 1.27. The first-order valence-corrected chi connectivity index (χ1v) is 3.80. The van der Waals surface area contributed by atoms with E-state index in [2.05, 4.69) is 15.1 Å². The van der Waals surface area contributed by atoms with Gasteiger partial charge in [-0.05, 0) is 0 Å². The Kier molecular flexibility index (Phi) is 1.70. The number of H-pyrrole nitrogens is 1. The van der Waals surface area contributed by atoms with Crippen LogP contribution in [0.1, 0.15) is 0 Å². The van der Waals surface area contributed by atoms with Crippen molar-refractivity contribution in [3.05, 3.63) is 35.0 Å². The van der Waals surface area contributed by atoms with E-state index in [0.29, 0.717) is 11.4 Å². The van der Waals surface area contributed by atoms with E-state index in [9.17, 15) is 4.79 Å². The Hall–Kier alpha value is -1.91. The second kappa shape index (κ2) is 2.85. The molecule has 0 saturated heterocycles. The highest BCUT2D eigenvalue weighted by atomic mass is 16.1. The van der Waals surface area contributed by atoms with Crippen LogP contribution >= 0.6 is 0 Å². The Morgan fingerprint density at radius 1 is 1.46 bits per heavy atom. The SMILES string of the molecule is Cn1[nH]c(-c2cnccn2)cc1=O. The van der Waals surface area contributed by atoms with Gasteiger partial charge in [0.2, 0.25) is 0 Å². The molecule has 0 spiro atoms. The van der Waals surface area contributed by atoms with Crippen molar-refractivity contribution in [3.63, 3.8) is 0 Å². The van der Waals surface area contributed by atoms with E-state index in [1.165, 1.54) is 10.7 Å². The Balaban J connectivity index is 2.54. The third-order valence-corrected chi connectivity index (χ3v) is 1.73. The van der Waals surface area contributed by atoms with E-state index < -0.39 is 0 Å². The van der Waals surface area contributed by atoms with Gasteiger partial charge in [-0.1, -0.05) is 0 Å². The fourth-order valence-electron chi connectivity index (χ4n) is 1.06. The monoisotopic (exact) mass is 176 g/mol. The lowest BCUT2D eigenvalue weighted by Crippen LogP contribution is -2.09. The Morgan fingerprint density at radius 3 is 2.85 bits per heavy atom. The summed E-state index contributed by atoms with van der Waals surface area (Å²) < 4.78 is 1.39. The standard InChI is InChI=1S/C8H8N4O/c1-12-8(13)4-6(11-12)7-5-9-2-3-10-7/h2-5,11H,1H3. The molecule has 0 fully saturated rings. The summed E-state index contributed by atoms with van der Waals surface area (Å²) in [5, 5.41) is 2.86. The van der Waals surface area contributed by atoms with E-state index in [0.717, 1.165) is 0 Å². The zero-order valence-corrected chi connectivity index (χ0v) is 7.06. The first-order valence-electron chi connectivity index (χ1n) is 3.80. The molecule has 5 heteroatoms. The predicted molar refractivity (Wildman–Crippen MR) is 47.1 cm³/mol. The fourth-order valence-corrected chi connectivity index (χ4v) is 1.06. The summed E-state index contributed by atoms with van der Waals surface area (Å²) in [7, 11) is 1.65. The minimum Gasteiger partial charge on any atom is -0.294 e. The minimum absolute atomic E-state index is 0.0827. The Labute approximate surface area is 74.1 Å². The number of nitrogens with one attached hydrogen (secondary N) is 1. The van der Waals surface area contributed by atoms with Crippen molar-refractivity contribution in [2.45, 2.75) is 0 Å². The molecule has 66 valence electrons. The molecule has 2 heterocycles. The maximum atomic E-state index is 11.1. The summed E-state index contributed by atoms with van der Waals surface area (Å²) in [5.74, 6) is 0. The number of aryl methyl sites for hydroxylation is 1. The van der Waals surface area contributed by atoms with Crippen LogP contribution in [0.5, 0.6) is 0 Å². The number of aromatic amines is 1. The average molecular weight is 176 g/mol. The third kappa shape index (κ3) is 1.35. The zero-order chi connectivity index (χ0) is 9.26. The molecule has 2 aromatic rings. The molecule has 0 unspecified atom stereocenters. The van der Waals surface area contributed by atoms with Crippen LogP contribution in [-0.4, -0.2) is 19.7 Å². The van der Waals surface area contributed by atoms with Gasteiger partial charge in [0.1, 0.15) is 5.69 Å². The van der Waals surface area contributed by atoms with Crippen LogP contribution in [0.3, 0.4) is 0 Å². The second-order valence-corrected chi connectivity index (χ2v) is 2.66. The van der Waals surface area contributed by atoms with Gasteiger partial charge in [0.15, 0.2) is 0 Å². The van der Waals surface area contributed by atoms with Crippen molar-refractivity contribution < 1.29 is 0 Å². The molecule has 0 aliphatic heterocycles. The molecule has 13 heavy (non-hydrogen) atoms. The fraction of sp³-hybridized carbons (Fsp3) is 0.125. The van der Waals surface area contributed by atoms with Gasteiger partial charge in [-0.3, -0.25) is 24.5 Å². The molecule has 0 aliphatic carbocycles. The van der Waals surface area contributed by atoms with Gasteiger partial charge in [-0.2, -0.15) is 0 Å². The molecule has 0 radical (unpaired) electrons. The molecule has 0 saturated carbocycles. The topological polar surface area (TPSA) is 63.6 Å². The third-order valence-electron chi connectivity index (χ3n) is 1.73. The van der Waals surface area contributed by atoms with Crippen molar-refractivity contribution in [2.24, 2.45) is 7.05 Å². The largest absolute Gasteiger partial charge is 0.294 e. The van der Waals surface area contributed by atoms with Gasteiger partial charge in [-0.25, -0.2) is 0 Å². The number of rotatable bonds is 1. The lowest BCUT2D eigenvalue weighted by atomic mass is 10.3. The number of hydrogen-bond acceptors (Lipinski definition) is 3. The molecule has 1 N–H and O–H groups in total. The maximum absolute atomic E-state index is 11.1. The Bertz CT molecular complexity index is 456. The van der Waals surface area contributed by atoms with Gasteiger partial charge < -0.3 is 0 Å². The smallest absolute Gasteiger partial charge is 0.266 e. The summed E-state index contributed by atoms with van der Waals surface area (Å²) in [6.07, 6.45) is 4.77. The van der Waals surface area contributed by atoms with Crippen LogP contribution < -0.4 is 5.56 Å². The highest BCUT2D eigenvalue weighted by Crippen LogP contribution is 2.08. The van der Waals surface area contributed by atoms with E-state index >= 15 is 0 Å². The molecule has 2 rings (SSSR count). The highest BCUT2D eigenvalue weighted by Gasteiger charge is 2.02. The molecule has 0 atom stereocenters. The van der Waals surface area contributed by atoms with E-state index in [4.69, 9.17) is 0 Å². The summed E-state index contributed by atoms with van der Waals surface area (Å²) in [6.45, 7) is 0. The highest BCUT2D eigenvalue weighted by molar-refractivity contribution is 5.51. The van der Waals surface area contributed by atoms with Crippen molar-refractivity contribution in [2.75, 3.05) is 0 Å². The molecule has 0 aliphatic rings. The number of aromatic nitrogens is 4. The molecule has 2 aromatic heterocycles. The molecule has 5 nitrogen and oxygen atoms in total. The first kappa shape index (κ1) is 7.72. The first-order chi connectivity index (χ1) is 6.27. The van der Waals surface area contributed by atoms with Crippen molar-refractivity contribution >= 4 is 0 Å². The van der Waals surface area contributed by atoms with Crippen LogP contribution in [0.2, 0.25) is 0 Å². The van der Waals surface area contributed by atoms with Crippen molar-refractivity contribution in [1.82, 2.24) is 19.7 Å². The van der Waals surface area contributed by atoms with Gasteiger partial charge in [0.05, 0.1) is 11.9 Å². The lowest BCUT2D eigenvalue weighted by Gasteiger charge is -1.93. The van der Waals surface area contributed by atoms with Crippen LogP contribution in [0.4, 0.5) is 0 Å². The molecule has 0 amide bonds. The summed E-state index contributed by atoms with van der Waals surface area (Å²) >= 11 is 0. The summed E-state index contributed by atoms with van der Waals surface area (Å²) in [6, 6.07) is 1.49. The molecule has 0 aromatic carbocycles. The zero-order valence-electron chi connectivity index (χ0n) is 7.06. The summed E-state index contributed by atoms with van der Waals surface area (Å²) in [4.78, 5) is 19.1.